The Bertz CT molecular complexity index is 1030. The van der Waals surface area contributed by atoms with Crippen molar-refractivity contribution in [2.24, 2.45) is 0 Å². The molecule has 0 saturated heterocycles. The molecule has 1 unspecified atom stereocenters. The van der Waals surface area contributed by atoms with Crippen molar-refractivity contribution in [1.82, 2.24) is 15.5 Å². The molecule has 2 amide bonds. The molecule has 0 aliphatic carbocycles. The van der Waals surface area contributed by atoms with Gasteiger partial charge in [0, 0.05) is 25.3 Å². The Labute approximate surface area is 186 Å². The predicted molar refractivity (Wildman–Crippen MR) is 115 cm³/mol. The van der Waals surface area contributed by atoms with E-state index in [1.54, 1.807) is 33.3 Å². The summed E-state index contributed by atoms with van der Waals surface area (Å²) < 4.78 is 21.6. The highest BCUT2D eigenvalue weighted by Crippen LogP contribution is 2.34. The normalized spacial score (nSPS) is 18.5. The summed E-state index contributed by atoms with van der Waals surface area (Å²) >= 11 is 0. The Hall–Kier alpha value is -3.46. The molecule has 2 N–H and O–H groups in total. The number of urea groups is 1. The van der Waals surface area contributed by atoms with Crippen LogP contribution in [-0.2, 0) is 22.5 Å². The van der Waals surface area contributed by atoms with Crippen LogP contribution in [0, 0.1) is 0 Å². The second-order valence-corrected chi connectivity index (χ2v) is 7.60. The van der Waals surface area contributed by atoms with E-state index in [0.717, 1.165) is 18.5 Å². The van der Waals surface area contributed by atoms with Gasteiger partial charge in [0.2, 0.25) is 0 Å². The van der Waals surface area contributed by atoms with Gasteiger partial charge in [-0.15, -0.1) is 0 Å². The van der Waals surface area contributed by atoms with E-state index in [1.165, 1.54) is 11.8 Å². The molecule has 0 bridgehead atoms. The fourth-order valence-corrected chi connectivity index (χ4v) is 4.16. The molecular weight excluding hydrogens is 414 g/mol. The number of hydrogen-bond donors (Lipinski definition) is 2. The molecule has 2 aliphatic rings. The first kappa shape index (κ1) is 21.8. The van der Waals surface area contributed by atoms with E-state index in [0.29, 0.717) is 41.6 Å². The highest BCUT2D eigenvalue weighted by Gasteiger charge is 2.36. The molecule has 170 valence electrons. The molecule has 9 nitrogen and oxygen atoms in total. The first-order valence-corrected chi connectivity index (χ1v) is 10.5. The Kier molecular flexibility index (Phi) is 6.36. The van der Waals surface area contributed by atoms with Gasteiger partial charge < -0.3 is 29.3 Å². The van der Waals surface area contributed by atoms with Crippen molar-refractivity contribution >= 4 is 12.0 Å². The van der Waals surface area contributed by atoms with E-state index in [-0.39, 0.29) is 6.61 Å². The lowest BCUT2D eigenvalue weighted by atomic mass is 9.97. The smallest absolute Gasteiger partial charge is 0.338 e. The zero-order valence-electron chi connectivity index (χ0n) is 18.4. The Morgan fingerprint density at radius 2 is 1.97 bits per heavy atom. The zero-order chi connectivity index (χ0) is 22.7. The topological polar surface area (TPSA) is 102 Å². The van der Waals surface area contributed by atoms with E-state index in [1.807, 2.05) is 12.1 Å². The number of nitrogens with zero attached hydrogens (tertiary/aromatic N) is 1. The number of esters is 1. The number of benzene rings is 1. The van der Waals surface area contributed by atoms with Gasteiger partial charge in [-0.2, -0.15) is 0 Å². The molecule has 32 heavy (non-hydrogen) atoms. The maximum absolute atomic E-state index is 12.9. The maximum Gasteiger partial charge on any atom is 0.338 e. The highest BCUT2D eigenvalue weighted by molar-refractivity contribution is 5.95. The lowest BCUT2D eigenvalue weighted by molar-refractivity contribution is -0.139. The molecule has 9 heteroatoms. The number of hydrogen-bond acceptors (Lipinski definition) is 7. The van der Waals surface area contributed by atoms with Gasteiger partial charge in [-0.3, -0.25) is 4.90 Å². The number of carbonyl (C=O) groups excluding carboxylic acids is 2. The summed E-state index contributed by atoms with van der Waals surface area (Å²) in [5.41, 5.74) is 3.17. The number of ether oxygens (including phenoxy) is 3. The monoisotopic (exact) mass is 441 g/mol. The molecule has 3 heterocycles. The molecule has 0 saturated carbocycles. The average molecular weight is 441 g/mol. The van der Waals surface area contributed by atoms with E-state index in [2.05, 4.69) is 15.5 Å². The van der Waals surface area contributed by atoms with Gasteiger partial charge in [-0.05, 0) is 48.7 Å². The SMILES string of the molecule is CCOC(=O)C1=C(CN2CCc3cc(OC)c(OC)cc3C2)NC(=O)NC1c1ccco1. The summed E-state index contributed by atoms with van der Waals surface area (Å²) in [6.45, 7) is 3.76. The molecule has 1 aromatic carbocycles. The van der Waals surface area contributed by atoms with Gasteiger partial charge in [0.15, 0.2) is 11.5 Å². The second kappa shape index (κ2) is 9.35. The Morgan fingerprint density at radius 1 is 1.22 bits per heavy atom. The average Bonchev–Trinajstić information content (AvgIpc) is 3.32. The lowest BCUT2D eigenvalue weighted by Gasteiger charge is -2.33. The van der Waals surface area contributed by atoms with Crippen LogP contribution in [0.3, 0.4) is 0 Å². The number of amides is 2. The molecule has 0 fully saturated rings. The molecular formula is C23H27N3O6. The summed E-state index contributed by atoms with van der Waals surface area (Å²) in [6, 6.07) is 6.33. The first-order valence-electron chi connectivity index (χ1n) is 10.5. The summed E-state index contributed by atoms with van der Waals surface area (Å²) in [7, 11) is 3.23. The van der Waals surface area contributed by atoms with E-state index in [4.69, 9.17) is 18.6 Å². The summed E-state index contributed by atoms with van der Waals surface area (Å²) in [4.78, 5) is 27.4. The largest absolute Gasteiger partial charge is 0.493 e. The molecule has 1 atom stereocenters. The van der Waals surface area contributed by atoms with Crippen molar-refractivity contribution in [3.8, 4) is 11.5 Å². The van der Waals surface area contributed by atoms with Crippen molar-refractivity contribution in [1.29, 1.82) is 0 Å². The molecule has 1 aromatic heterocycles. The summed E-state index contributed by atoms with van der Waals surface area (Å²) in [5, 5.41) is 5.58. The zero-order valence-corrected chi connectivity index (χ0v) is 18.4. The number of nitrogens with one attached hydrogen (secondary N) is 2. The van der Waals surface area contributed by atoms with Gasteiger partial charge in [-0.1, -0.05) is 0 Å². The van der Waals surface area contributed by atoms with Crippen LogP contribution < -0.4 is 20.1 Å². The third kappa shape index (κ3) is 4.29. The van der Waals surface area contributed by atoms with E-state index < -0.39 is 18.0 Å². The number of methoxy groups -OCH3 is 2. The third-order valence-corrected chi connectivity index (χ3v) is 5.66. The molecule has 0 radical (unpaired) electrons. The van der Waals surface area contributed by atoms with Crippen LogP contribution in [-0.4, -0.2) is 50.8 Å². The Balaban J connectivity index is 1.64. The summed E-state index contributed by atoms with van der Waals surface area (Å²) in [6.07, 6.45) is 2.32. The van der Waals surface area contributed by atoms with Gasteiger partial charge in [-0.25, -0.2) is 9.59 Å². The van der Waals surface area contributed by atoms with Crippen molar-refractivity contribution in [2.45, 2.75) is 25.9 Å². The second-order valence-electron chi connectivity index (χ2n) is 7.60. The van der Waals surface area contributed by atoms with Crippen LogP contribution in [0.2, 0.25) is 0 Å². The number of carbonyl (C=O) groups is 2. The van der Waals surface area contributed by atoms with Gasteiger partial charge in [0.1, 0.15) is 11.8 Å². The summed E-state index contributed by atoms with van der Waals surface area (Å²) in [5.74, 6) is 1.37. The minimum absolute atomic E-state index is 0.229. The lowest BCUT2D eigenvalue weighted by Crippen LogP contribution is -2.48. The van der Waals surface area contributed by atoms with Gasteiger partial charge in [0.05, 0.1) is 32.7 Å². The molecule has 2 aliphatic heterocycles. The van der Waals surface area contributed by atoms with Crippen LogP contribution in [0.5, 0.6) is 11.5 Å². The van der Waals surface area contributed by atoms with Crippen LogP contribution in [0.25, 0.3) is 0 Å². The minimum atomic E-state index is -0.714. The van der Waals surface area contributed by atoms with Crippen molar-refractivity contribution < 1.29 is 28.2 Å². The quantitative estimate of drug-likeness (QED) is 0.637. The van der Waals surface area contributed by atoms with Crippen molar-refractivity contribution in [3.63, 3.8) is 0 Å². The number of furan rings is 1. The predicted octanol–water partition coefficient (Wildman–Crippen LogP) is 2.53. The Morgan fingerprint density at radius 3 is 2.62 bits per heavy atom. The van der Waals surface area contributed by atoms with Crippen molar-refractivity contribution in [2.75, 3.05) is 33.9 Å². The van der Waals surface area contributed by atoms with Crippen LogP contribution in [0.4, 0.5) is 4.79 Å². The number of rotatable bonds is 7. The fourth-order valence-electron chi connectivity index (χ4n) is 4.16. The first-order chi connectivity index (χ1) is 15.5. The molecule has 0 spiro atoms. The standard InChI is InChI=1S/C23H27N3O6/c1-4-31-22(27)20-16(24-23(28)25-21(20)17-6-5-9-32-17)13-26-8-7-14-10-18(29-2)19(30-3)11-15(14)12-26/h5-6,9-11,21H,4,7-8,12-13H2,1-3H3,(H2,24,25,28). The maximum atomic E-state index is 12.9. The van der Waals surface area contributed by atoms with Crippen LogP contribution in [0.15, 0.2) is 46.2 Å². The third-order valence-electron chi connectivity index (χ3n) is 5.66. The van der Waals surface area contributed by atoms with Crippen molar-refractivity contribution in [3.05, 3.63) is 58.7 Å². The van der Waals surface area contributed by atoms with E-state index in [9.17, 15) is 9.59 Å². The number of fused-ring (bicyclic) bond motifs is 1. The van der Waals surface area contributed by atoms with E-state index >= 15 is 0 Å². The molecule has 2 aromatic rings. The van der Waals surface area contributed by atoms with Crippen LogP contribution >= 0.6 is 0 Å². The van der Waals surface area contributed by atoms with Gasteiger partial charge in [0.25, 0.3) is 0 Å². The fraction of sp³-hybridized carbons (Fsp3) is 0.391. The van der Waals surface area contributed by atoms with Gasteiger partial charge >= 0.3 is 12.0 Å². The highest BCUT2D eigenvalue weighted by atomic mass is 16.5. The molecule has 4 rings (SSSR count). The van der Waals surface area contributed by atoms with Crippen LogP contribution in [0.1, 0.15) is 29.9 Å². The minimum Gasteiger partial charge on any atom is -0.493 e.